The molecule has 9 rings (SSSR count). The third kappa shape index (κ3) is 25.3. The van der Waals surface area contributed by atoms with Crippen LogP contribution in [0.25, 0.3) is 89.7 Å². The maximum Gasteiger partial charge on any atom is 0.165 e. The minimum Gasteiger partial charge on any atom is -0.324 e. The molecular formula is C112H178N8. The molecule has 2 aliphatic heterocycles. The van der Waals surface area contributed by atoms with Gasteiger partial charge in [-0.1, -0.05) is 316 Å². The van der Waals surface area contributed by atoms with Gasteiger partial charge >= 0.3 is 0 Å². The molecule has 2 aliphatic rings. The van der Waals surface area contributed by atoms with Crippen molar-refractivity contribution in [2.45, 2.75) is 522 Å². The average Bonchev–Trinajstić information content (AvgIpc) is 1.55. The second-order valence-corrected chi connectivity index (χ2v) is 37.6. The lowest BCUT2D eigenvalue weighted by atomic mass is 9.79. The Morgan fingerprint density at radius 3 is 0.742 bits per heavy atom. The number of rotatable bonds is 64. The van der Waals surface area contributed by atoms with Crippen molar-refractivity contribution >= 4 is 44.1 Å². The summed E-state index contributed by atoms with van der Waals surface area (Å²) in [5.74, 6) is 3.53. The molecule has 8 heteroatoms. The van der Waals surface area contributed by atoms with E-state index in [1.54, 1.807) is 66.8 Å². The summed E-state index contributed by atoms with van der Waals surface area (Å²) in [6.45, 7) is 39.4. The summed E-state index contributed by atoms with van der Waals surface area (Å²) in [7, 11) is 0. The molecule has 7 aromatic rings. The fourth-order valence-corrected chi connectivity index (χ4v) is 21.2. The van der Waals surface area contributed by atoms with E-state index in [0.29, 0.717) is 0 Å². The lowest BCUT2D eigenvalue weighted by Crippen LogP contribution is -2.11. The lowest BCUT2D eigenvalue weighted by molar-refractivity contribution is 0.622. The van der Waals surface area contributed by atoms with Crippen molar-refractivity contribution in [3.05, 3.63) is 89.5 Å². The minimum atomic E-state index is 0.825. The normalized spacial score (nSPS) is 12.1. The molecule has 4 aromatic carbocycles. The van der Waals surface area contributed by atoms with Gasteiger partial charge in [0.15, 0.2) is 23.3 Å². The van der Waals surface area contributed by atoms with Crippen LogP contribution in [0, 0.1) is 0 Å². The van der Waals surface area contributed by atoms with E-state index >= 15 is 0 Å². The van der Waals surface area contributed by atoms with Gasteiger partial charge in [0.1, 0.15) is 22.6 Å². The number of H-pyrrole nitrogens is 1. The maximum absolute atomic E-state index is 6.85. The number of aryl methyl sites for hydroxylation is 6. The molecule has 0 unspecified atom stereocenters. The van der Waals surface area contributed by atoms with E-state index in [1.807, 2.05) is 0 Å². The molecule has 0 saturated heterocycles. The van der Waals surface area contributed by atoms with Crippen LogP contribution >= 0.6 is 0 Å². The Morgan fingerprint density at radius 1 is 0.200 bits per heavy atom. The van der Waals surface area contributed by atoms with E-state index < -0.39 is 0 Å². The number of fused-ring (bicyclic) bond motifs is 20. The summed E-state index contributed by atoms with van der Waals surface area (Å²) in [5.41, 5.74) is 33.2. The predicted molar refractivity (Wildman–Crippen MR) is 528 cm³/mol. The first-order chi connectivity index (χ1) is 59.0. The van der Waals surface area contributed by atoms with Crippen molar-refractivity contribution in [2.24, 2.45) is 0 Å². The van der Waals surface area contributed by atoms with Crippen LogP contribution in [-0.2, 0) is 103 Å². The smallest absolute Gasteiger partial charge is 0.165 e. The number of aromatic nitrogens is 8. The summed E-state index contributed by atoms with van der Waals surface area (Å²) in [6, 6.07) is 2.68. The average molecular weight is 1640 g/mol. The van der Waals surface area contributed by atoms with Crippen molar-refractivity contribution in [3.63, 3.8) is 0 Å². The fourth-order valence-electron chi connectivity index (χ4n) is 21.2. The van der Waals surface area contributed by atoms with Crippen molar-refractivity contribution in [1.29, 1.82) is 0 Å². The van der Waals surface area contributed by atoms with Gasteiger partial charge in [-0.25, -0.2) is 29.9 Å². The molecule has 3 aromatic heterocycles. The molecule has 0 saturated carbocycles. The molecule has 1 N–H and O–H groups in total. The Kier molecular flexibility index (Phi) is 44.3. The number of nitrogens with one attached hydrogen (secondary N) is 1. The molecule has 0 amide bonds. The van der Waals surface area contributed by atoms with Crippen LogP contribution in [0.2, 0.25) is 0 Å². The van der Waals surface area contributed by atoms with Gasteiger partial charge in [-0.3, -0.25) is 0 Å². The Bertz CT molecular complexity index is 4400. The van der Waals surface area contributed by atoms with Crippen LogP contribution in [0.3, 0.4) is 0 Å². The van der Waals surface area contributed by atoms with Gasteiger partial charge < -0.3 is 9.55 Å². The summed E-state index contributed by atoms with van der Waals surface area (Å²) < 4.78 is 2.77. The zero-order valence-corrected chi connectivity index (χ0v) is 81.0. The number of hydrogen-bond acceptors (Lipinski definition) is 6. The zero-order chi connectivity index (χ0) is 85.4. The van der Waals surface area contributed by atoms with E-state index in [-0.39, 0.29) is 0 Å². The molecule has 0 spiro atoms. The molecule has 666 valence electrons. The number of nitrogens with zero attached hydrogens (tertiary/aromatic N) is 7. The van der Waals surface area contributed by atoms with Crippen LogP contribution in [-0.4, -0.2) is 39.5 Å². The van der Waals surface area contributed by atoms with Gasteiger partial charge in [0.2, 0.25) is 0 Å². The summed E-state index contributed by atoms with van der Waals surface area (Å²) in [6.07, 6.45) is 73.1. The third-order valence-corrected chi connectivity index (χ3v) is 27.8. The van der Waals surface area contributed by atoms with Crippen LogP contribution in [0.15, 0.2) is 6.07 Å². The summed E-state index contributed by atoms with van der Waals surface area (Å²) in [4.78, 5) is 44.1. The largest absolute Gasteiger partial charge is 0.324 e. The van der Waals surface area contributed by atoms with E-state index in [2.05, 4.69) is 126 Å². The first-order valence-corrected chi connectivity index (χ1v) is 52.6. The highest BCUT2D eigenvalue weighted by Gasteiger charge is 2.36. The molecule has 8 bridgehead atoms. The summed E-state index contributed by atoms with van der Waals surface area (Å²) >= 11 is 0. The number of benzene rings is 4. The second-order valence-electron chi connectivity index (χ2n) is 37.6. The fraction of sp³-hybridized carbons (Fsp3) is 0.714. The van der Waals surface area contributed by atoms with Crippen molar-refractivity contribution in [3.8, 4) is 45.6 Å². The molecule has 0 aliphatic carbocycles. The lowest BCUT2D eigenvalue weighted by Gasteiger charge is -2.24. The van der Waals surface area contributed by atoms with Crippen LogP contribution < -0.4 is 0 Å². The Labute approximate surface area is 735 Å². The van der Waals surface area contributed by atoms with Crippen molar-refractivity contribution in [1.82, 2.24) is 39.5 Å². The van der Waals surface area contributed by atoms with Gasteiger partial charge in [0.05, 0.1) is 0 Å². The van der Waals surface area contributed by atoms with E-state index in [9.17, 15) is 0 Å². The van der Waals surface area contributed by atoms with Crippen molar-refractivity contribution < 1.29 is 0 Å². The number of unbranched alkanes of at least 4 members (excludes halogenated alkanes) is 32. The Hall–Kier alpha value is -5.76. The molecular weight excluding hydrogens is 1460 g/mol. The van der Waals surface area contributed by atoms with Gasteiger partial charge in [-0.05, 0) is 289 Å². The standard InChI is InChI=1S/C112H178N8/c1-17-33-49-65-82-81-97-98(90(73-57-41-25-9)83(82)66-50-34-18-2)106-113-105(97)114-107-99-91(74-58-42-26-10)84(67-51-35-19-3)85(68-52-36-20-4)92(75-59-43-27-11)100(99)108(115-107)116-109-101-93(76-60-44-28-12)86(69-53-37-21-5)87(70-54-38-22-6)94(77-61-45-29-13)102(101)110(117-109)119-112-104-96(79-63-47-31-15)89(72-56-40-24-8)88(71-55-39-23-7)95(78-62-46-30-14)103(104)111(118-106)120(112)80-64-48-32-16/h81H,17-80H2,1-16H3,(H,113,114,115,116,117,118,119). The molecule has 8 nitrogen and oxygen atoms in total. The monoisotopic (exact) mass is 1640 g/mol. The van der Waals surface area contributed by atoms with Gasteiger partial charge in [0.25, 0.3) is 0 Å². The van der Waals surface area contributed by atoms with Crippen molar-refractivity contribution in [2.75, 3.05) is 0 Å². The molecule has 0 fully saturated rings. The van der Waals surface area contributed by atoms with Gasteiger partial charge in [0, 0.05) is 50.3 Å². The quantitative estimate of drug-likeness (QED) is 0.0382. The first kappa shape index (κ1) is 98.0. The van der Waals surface area contributed by atoms with E-state index in [4.69, 9.17) is 29.9 Å². The maximum atomic E-state index is 6.85. The third-order valence-electron chi connectivity index (χ3n) is 27.8. The van der Waals surface area contributed by atoms with Gasteiger partial charge in [-0.2, -0.15) is 0 Å². The van der Waals surface area contributed by atoms with E-state index in [1.165, 1.54) is 304 Å². The molecule has 0 radical (unpaired) electrons. The first-order valence-electron chi connectivity index (χ1n) is 52.6. The van der Waals surface area contributed by atoms with Gasteiger partial charge in [-0.15, -0.1) is 0 Å². The summed E-state index contributed by atoms with van der Waals surface area (Å²) in [5, 5.41) is 5.44. The molecule has 5 heterocycles. The SMILES string of the molecule is CCCCCc1cc2c(c(CCCCC)c1CCCCC)-c1nc-2nc2[nH]c(nc3nc(nc4c5c(CCCCC)c(CCCCC)c(CCCCC)c(CCCCC)c5c(n1)n4CCCCC)-c1c(CCCCC)c(CCCCC)c(CCCCC)c(CCCCC)c1-3)c1c(CCCCC)c(CCCCC)c(CCCCC)c(CCCCC)c21. The highest BCUT2D eigenvalue weighted by atomic mass is 15.1. The molecule has 0 atom stereocenters. The highest BCUT2D eigenvalue weighted by molar-refractivity contribution is 6.12. The van der Waals surface area contributed by atoms with Crippen LogP contribution in [0.5, 0.6) is 0 Å². The van der Waals surface area contributed by atoms with Crippen LogP contribution in [0.4, 0.5) is 0 Å². The zero-order valence-electron chi connectivity index (χ0n) is 81.0. The number of aromatic amines is 1. The van der Waals surface area contributed by atoms with Crippen LogP contribution in [0.1, 0.15) is 502 Å². The number of hydrogen-bond donors (Lipinski definition) is 1. The Morgan fingerprint density at radius 2 is 0.425 bits per heavy atom. The predicted octanol–water partition coefficient (Wildman–Crippen LogP) is 34.5. The van der Waals surface area contributed by atoms with E-state index in [0.717, 1.165) is 213 Å². The topological polar surface area (TPSA) is 98.1 Å². The minimum absolute atomic E-state index is 0.825. The second kappa shape index (κ2) is 54.2. The highest BCUT2D eigenvalue weighted by Crippen LogP contribution is 2.50. The molecule has 120 heavy (non-hydrogen) atoms. The Balaban J connectivity index is 1.78.